The second kappa shape index (κ2) is 5.77. The maximum absolute atomic E-state index is 13.2. The number of imide groups is 1. The number of hydrogen-bond donors (Lipinski definition) is 1. The molecule has 0 radical (unpaired) electrons. The van der Waals surface area contributed by atoms with E-state index in [4.69, 9.17) is 9.47 Å². The van der Waals surface area contributed by atoms with Gasteiger partial charge in [0.15, 0.2) is 0 Å². The van der Waals surface area contributed by atoms with Gasteiger partial charge in [0.05, 0.1) is 18.2 Å². The van der Waals surface area contributed by atoms with Gasteiger partial charge in [-0.3, -0.25) is 4.79 Å². The van der Waals surface area contributed by atoms with Crippen LogP contribution < -0.4 is 15.0 Å². The van der Waals surface area contributed by atoms with Crippen LogP contribution in [0.1, 0.15) is 39.2 Å². The van der Waals surface area contributed by atoms with Gasteiger partial charge >= 0.3 is 6.09 Å². The van der Waals surface area contributed by atoms with Crippen molar-refractivity contribution < 1.29 is 19.1 Å². The predicted octanol–water partition coefficient (Wildman–Crippen LogP) is 2.60. The summed E-state index contributed by atoms with van der Waals surface area (Å²) in [5, 5.41) is 3.28. The largest absolute Gasteiger partial charge is 0.497 e. The molecule has 130 valence electrons. The van der Waals surface area contributed by atoms with Crippen LogP contribution in [-0.2, 0) is 14.9 Å². The molecule has 0 bridgehead atoms. The van der Waals surface area contributed by atoms with Gasteiger partial charge in [0.1, 0.15) is 11.4 Å². The van der Waals surface area contributed by atoms with Gasteiger partial charge in [0.2, 0.25) is 5.91 Å². The number of methoxy groups -OCH3 is 1. The Bertz CT molecular complexity index is 672. The first-order valence-electron chi connectivity index (χ1n) is 8.25. The third kappa shape index (κ3) is 2.65. The number of nitrogens with one attached hydrogen (secondary N) is 1. The van der Waals surface area contributed by atoms with E-state index in [-0.39, 0.29) is 5.91 Å². The summed E-state index contributed by atoms with van der Waals surface area (Å²) in [6, 6.07) is 5.42. The van der Waals surface area contributed by atoms with Gasteiger partial charge in [-0.1, -0.05) is 0 Å². The van der Waals surface area contributed by atoms with Gasteiger partial charge in [0.25, 0.3) is 0 Å². The summed E-state index contributed by atoms with van der Waals surface area (Å²) < 4.78 is 10.8. The quantitative estimate of drug-likeness (QED) is 0.856. The van der Waals surface area contributed by atoms with E-state index in [2.05, 4.69) is 5.32 Å². The number of nitrogens with zero attached hydrogens (tertiary/aromatic N) is 1. The first-order chi connectivity index (χ1) is 11.3. The molecule has 6 nitrogen and oxygen atoms in total. The molecule has 0 aromatic heterocycles. The van der Waals surface area contributed by atoms with E-state index in [1.54, 1.807) is 40.0 Å². The maximum atomic E-state index is 13.2. The van der Waals surface area contributed by atoms with Gasteiger partial charge in [-0.15, -0.1) is 0 Å². The molecule has 0 atom stereocenters. The fourth-order valence-corrected chi connectivity index (χ4v) is 3.48. The minimum Gasteiger partial charge on any atom is -0.497 e. The van der Waals surface area contributed by atoms with Crippen LogP contribution in [0.3, 0.4) is 0 Å². The monoisotopic (exact) mass is 332 g/mol. The molecule has 0 unspecified atom stereocenters. The maximum Gasteiger partial charge on any atom is 0.421 e. The van der Waals surface area contributed by atoms with Crippen LogP contribution in [0, 0.1) is 0 Å². The molecule has 1 aromatic carbocycles. The summed E-state index contributed by atoms with van der Waals surface area (Å²) in [7, 11) is 1.60. The highest BCUT2D eigenvalue weighted by Gasteiger charge is 2.54. The lowest BCUT2D eigenvalue weighted by Crippen LogP contribution is -2.49. The molecule has 1 fully saturated rings. The van der Waals surface area contributed by atoms with E-state index >= 15 is 0 Å². The number of rotatable bonds is 1. The number of hydrogen-bond acceptors (Lipinski definition) is 5. The summed E-state index contributed by atoms with van der Waals surface area (Å²) in [5.41, 5.74) is 0.135. The van der Waals surface area contributed by atoms with Gasteiger partial charge in [-0.05, 0) is 70.5 Å². The van der Waals surface area contributed by atoms with Crippen LogP contribution in [0.2, 0.25) is 0 Å². The van der Waals surface area contributed by atoms with Crippen molar-refractivity contribution in [3.8, 4) is 5.75 Å². The second-order valence-electron chi connectivity index (χ2n) is 7.34. The first kappa shape index (κ1) is 16.8. The molecule has 1 spiro atoms. The van der Waals surface area contributed by atoms with Crippen LogP contribution in [0.25, 0.3) is 0 Å². The van der Waals surface area contributed by atoms with Crippen molar-refractivity contribution in [2.24, 2.45) is 0 Å². The van der Waals surface area contributed by atoms with Gasteiger partial charge in [-0.2, -0.15) is 0 Å². The van der Waals surface area contributed by atoms with E-state index in [0.29, 0.717) is 24.3 Å². The van der Waals surface area contributed by atoms with E-state index in [1.807, 2.05) is 6.07 Å². The molecule has 3 rings (SSSR count). The Morgan fingerprint density at radius 2 is 1.92 bits per heavy atom. The average molecular weight is 332 g/mol. The average Bonchev–Trinajstić information content (AvgIpc) is 2.75. The molecule has 2 amide bonds. The molecule has 2 heterocycles. The SMILES string of the molecule is COc1ccc2c(c1)C1(CCNCC1)C(=O)N2C(=O)OC(C)(C)C. The smallest absolute Gasteiger partial charge is 0.421 e. The Hall–Kier alpha value is -2.08. The van der Waals surface area contributed by atoms with Crippen LogP contribution >= 0.6 is 0 Å². The zero-order valence-corrected chi connectivity index (χ0v) is 14.6. The van der Waals surface area contributed by atoms with E-state index in [9.17, 15) is 9.59 Å². The van der Waals surface area contributed by atoms with Crippen LogP contribution in [-0.4, -0.2) is 37.8 Å². The number of anilines is 1. The lowest BCUT2D eigenvalue weighted by molar-refractivity contribution is -0.123. The van der Waals surface area contributed by atoms with Gasteiger partial charge in [-0.25, -0.2) is 9.69 Å². The molecule has 1 aromatic rings. The van der Waals surface area contributed by atoms with E-state index in [1.165, 1.54) is 4.90 Å². The van der Waals surface area contributed by atoms with E-state index < -0.39 is 17.1 Å². The third-order valence-electron chi connectivity index (χ3n) is 4.61. The molecule has 0 aliphatic carbocycles. The van der Waals surface area contributed by atoms with Crippen LogP contribution in [0.4, 0.5) is 10.5 Å². The molecule has 2 aliphatic rings. The van der Waals surface area contributed by atoms with Crippen molar-refractivity contribution in [1.82, 2.24) is 5.32 Å². The Labute approximate surface area is 142 Å². The van der Waals surface area contributed by atoms with Crippen LogP contribution in [0.15, 0.2) is 18.2 Å². The number of benzene rings is 1. The molecule has 1 N–H and O–H groups in total. The Balaban J connectivity index is 2.07. The highest BCUT2D eigenvalue weighted by Crippen LogP contribution is 2.48. The number of carbonyl (C=O) groups excluding carboxylic acids is 2. The topological polar surface area (TPSA) is 67.9 Å². The summed E-state index contributed by atoms with van der Waals surface area (Å²) in [6.45, 7) is 6.86. The number of amides is 2. The number of fused-ring (bicyclic) bond motifs is 2. The second-order valence-corrected chi connectivity index (χ2v) is 7.34. The van der Waals surface area contributed by atoms with Crippen molar-refractivity contribution in [3.63, 3.8) is 0 Å². The molecular weight excluding hydrogens is 308 g/mol. The lowest BCUT2D eigenvalue weighted by atomic mass is 9.74. The van der Waals surface area contributed by atoms with E-state index in [0.717, 1.165) is 18.7 Å². The van der Waals surface area contributed by atoms with Gasteiger partial charge < -0.3 is 14.8 Å². The molecule has 2 aliphatic heterocycles. The standard InChI is InChI=1S/C18H24N2O4/c1-17(2,3)24-16(22)20-14-6-5-12(23-4)11-13(14)18(15(20)21)7-9-19-10-8-18/h5-6,11,19H,7-10H2,1-4H3. The summed E-state index contributed by atoms with van der Waals surface area (Å²) in [5.74, 6) is 0.493. The lowest BCUT2D eigenvalue weighted by Gasteiger charge is -2.33. The Morgan fingerprint density at radius 1 is 1.25 bits per heavy atom. The van der Waals surface area contributed by atoms with Crippen molar-refractivity contribution in [2.75, 3.05) is 25.1 Å². The zero-order chi connectivity index (χ0) is 17.5. The molecule has 6 heteroatoms. The fourth-order valence-electron chi connectivity index (χ4n) is 3.48. The minimum atomic E-state index is -0.675. The van der Waals surface area contributed by atoms with Crippen molar-refractivity contribution in [2.45, 2.75) is 44.6 Å². The molecule has 1 saturated heterocycles. The minimum absolute atomic E-state index is 0.193. The Kier molecular flexibility index (Phi) is 4.03. The Morgan fingerprint density at radius 3 is 2.50 bits per heavy atom. The molecular formula is C18H24N2O4. The number of carbonyl (C=O) groups is 2. The fraction of sp³-hybridized carbons (Fsp3) is 0.556. The van der Waals surface area contributed by atoms with Gasteiger partial charge in [0, 0.05) is 0 Å². The highest BCUT2D eigenvalue weighted by molar-refractivity contribution is 6.21. The summed E-state index contributed by atoms with van der Waals surface area (Å²) >= 11 is 0. The van der Waals surface area contributed by atoms with Crippen molar-refractivity contribution >= 4 is 17.7 Å². The third-order valence-corrected chi connectivity index (χ3v) is 4.61. The highest BCUT2D eigenvalue weighted by atomic mass is 16.6. The van der Waals surface area contributed by atoms with Crippen LogP contribution in [0.5, 0.6) is 5.75 Å². The first-order valence-corrected chi connectivity index (χ1v) is 8.25. The molecule has 24 heavy (non-hydrogen) atoms. The normalized spacial score (nSPS) is 19.3. The van der Waals surface area contributed by atoms with Crippen molar-refractivity contribution in [3.05, 3.63) is 23.8 Å². The predicted molar refractivity (Wildman–Crippen MR) is 90.5 cm³/mol. The zero-order valence-electron chi connectivity index (χ0n) is 14.6. The van der Waals surface area contributed by atoms with Crippen molar-refractivity contribution in [1.29, 1.82) is 0 Å². The number of piperidine rings is 1. The summed E-state index contributed by atoms with van der Waals surface area (Å²) in [6.07, 6.45) is 0.700. The summed E-state index contributed by atoms with van der Waals surface area (Å²) in [4.78, 5) is 27.1. The number of ether oxygens (including phenoxy) is 2. The molecule has 0 saturated carbocycles.